The second-order valence-corrected chi connectivity index (χ2v) is 5.80. The van der Waals surface area contributed by atoms with E-state index in [9.17, 15) is 19.2 Å². The maximum Gasteiger partial charge on any atom is 0.344 e. The third kappa shape index (κ3) is 6.65. The summed E-state index contributed by atoms with van der Waals surface area (Å²) in [4.78, 5) is 46.8. The van der Waals surface area contributed by atoms with E-state index in [-0.39, 0.29) is 17.2 Å². The first kappa shape index (κ1) is 21.4. The lowest BCUT2D eigenvalue weighted by Crippen LogP contribution is -2.25. The van der Waals surface area contributed by atoms with Crippen LogP contribution in [0.5, 0.6) is 5.75 Å². The molecule has 0 fully saturated rings. The fraction of sp³-hybridized carbons (Fsp3) is 0.200. The summed E-state index contributed by atoms with van der Waals surface area (Å²) in [5.74, 6) is -2.19. The average Bonchev–Trinajstić information content (AvgIpc) is 2.71. The molecule has 2 rings (SSSR count). The molecule has 152 valence electrons. The van der Waals surface area contributed by atoms with Gasteiger partial charge in [0, 0.05) is 17.8 Å². The van der Waals surface area contributed by atoms with Crippen LogP contribution in [0.15, 0.2) is 48.5 Å². The molecular weight excluding hydrogens is 378 g/mol. The van der Waals surface area contributed by atoms with Crippen molar-refractivity contribution >= 4 is 29.4 Å². The lowest BCUT2D eigenvalue weighted by atomic mass is 10.2. The fourth-order valence-corrected chi connectivity index (χ4v) is 2.32. The number of carbonyl (C=O) groups excluding carboxylic acids is 4. The quantitative estimate of drug-likeness (QED) is 0.540. The molecule has 0 saturated carbocycles. The molecule has 0 radical (unpaired) electrons. The molecule has 2 aromatic carbocycles. The third-order valence-corrected chi connectivity index (χ3v) is 3.61. The van der Waals surface area contributed by atoms with Crippen molar-refractivity contribution in [1.82, 2.24) is 5.32 Å². The Hall–Kier alpha value is -3.88. The molecule has 0 aromatic heterocycles. The highest BCUT2D eigenvalue weighted by molar-refractivity contribution is 5.98. The molecule has 0 heterocycles. The second kappa shape index (κ2) is 10.5. The maximum atomic E-state index is 12.0. The number of nitrogens with two attached hydrogens (primary N) is 1. The Balaban J connectivity index is 1.82. The molecule has 0 aliphatic carbocycles. The van der Waals surface area contributed by atoms with Gasteiger partial charge >= 0.3 is 5.97 Å². The van der Waals surface area contributed by atoms with Gasteiger partial charge in [-0.25, -0.2) is 4.79 Å². The summed E-state index contributed by atoms with van der Waals surface area (Å²) >= 11 is 0. The van der Waals surface area contributed by atoms with Gasteiger partial charge in [-0.2, -0.15) is 0 Å². The Labute approximate surface area is 167 Å². The van der Waals surface area contributed by atoms with Gasteiger partial charge in [-0.1, -0.05) is 18.2 Å². The van der Waals surface area contributed by atoms with Crippen LogP contribution in [0.25, 0.3) is 0 Å². The van der Waals surface area contributed by atoms with Crippen LogP contribution < -0.4 is 21.1 Å². The Morgan fingerprint density at radius 2 is 1.76 bits per heavy atom. The van der Waals surface area contributed by atoms with E-state index in [0.29, 0.717) is 17.8 Å². The first-order chi connectivity index (χ1) is 13.9. The van der Waals surface area contributed by atoms with Crippen LogP contribution in [0.2, 0.25) is 0 Å². The Bertz CT molecular complexity index is 913. The summed E-state index contributed by atoms with van der Waals surface area (Å²) in [6.07, 6.45) is 0. The van der Waals surface area contributed by atoms with E-state index in [4.69, 9.17) is 15.2 Å². The highest BCUT2D eigenvalue weighted by Gasteiger charge is 2.13. The number of hydrogen-bond donors (Lipinski definition) is 3. The monoisotopic (exact) mass is 399 g/mol. The van der Waals surface area contributed by atoms with Gasteiger partial charge in [0.25, 0.3) is 17.7 Å². The van der Waals surface area contributed by atoms with E-state index < -0.39 is 31.0 Å². The second-order valence-electron chi connectivity index (χ2n) is 5.80. The van der Waals surface area contributed by atoms with Crippen molar-refractivity contribution in [2.75, 3.05) is 25.1 Å². The van der Waals surface area contributed by atoms with E-state index >= 15 is 0 Å². The van der Waals surface area contributed by atoms with Crippen LogP contribution in [0.3, 0.4) is 0 Å². The first-order valence-electron chi connectivity index (χ1n) is 8.76. The van der Waals surface area contributed by atoms with Crippen molar-refractivity contribution in [3.05, 3.63) is 59.7 Å². The van der Waals surface area contributed by atoms with Crippen LogP contribution in [0.1, 0.15) is 27.6 Å². The smallest absolute Gasteiger partial charge is 0.344 e. The summed E-state index contributed by atoms with van der Waals surface area (Å²) < 4.78 is 10.1. The summed E-state index contributed by atoms with van der Waals surface area (Å²) in [5, 5.41) is 5.19. The number of hydrogen-bond acceptors (Lipinski definition) is 6. The number of benzene rings is 2. The van der Waals surface area contributed by atoms with E-state index in [1.54, 1.807) is 37.3 Å². The molecule has 3 amide bonds. The Morgan fingerprint density at radius 1 is 1.00 bits per heavy atom. The number of anilines is 1. The molecule has 0 bridgehead atoms. The highest BCUT2D eigenvalue weighted by atomic mass is 16.6. The van der Waals surface area contributed by atoms with Crippen molar-refractivity contribution in [2.24, 2.45) is 5.73 Å². The van der Waals surface area contributed by atoms with Crippen molar-refractivity contribution in [3.63, 3.8) is 0 Å². The molecule has 0 aliphatic heterocycles. The molecule has 2 aromatic rings. The van der Waals surface area contributed by atoms with Crippen LogP contribution in [-0.2, 0) is 14.3 Å². The zero-order chi connectivity index (χ0) is 21.2. The van der Waals surface area contributed by atoms with Gasteiger partial charge in [-0.3, -0.25) is 14.4 Å². The van der Waals surface area contributed by atoms with Crippen molar-refractivity contribution in [3.8, 4) is 5.75 Å². The molecule has 9 heteroatoms. The zero-order valence-corrected chi connectivity index (χ0v) is 15.8. The predicted molar refractivity (Wildman–Crippen MR) is 104 cm³/mol. The zero-order valence-electron chi connectivity index (χ0n) is 15.8. The van der Waals surface area contributed by atoms with Crippen LogP contribution in [0, 0.1) is 0 Å². The minimum absolute atomic E-state index is 0.130. The largest absolute Gasteiger partial charge is 0.481 e. The van der Waals surface area contributed by atoms with Gasteiger partial charge in [0.15, 0.2) is 13.2 Å². The normalized spacial score (nSPS) is 9.97. The molecule has 0 atom stereocenters. The Kier molecular flexibility index (Phi) is 7.72. The van der Waals surface area contributed by atoms with E-state index in [0.717, 1.165) is 0 Å². The molecule has 0 saturated heterocycles. The Morgan fingerprint density at radius 3 is 2.48 bits per heavy atom. The number of rotatable bonds is 9. The lowest BCUT2D eigenvalue weighted by molar-refractivity contribution is -0.149. The first-order valence-corrected chi connectivity index (χ1v) is 8.76. The molecule has 0 spiro atoms. The third-order valence-electron chi connectivity index (χ3n) is 3.61. The summed E-state index contributed by atoms with van der Waals surface area (Å²) in [6.45, 7) is 1.25. The van der Waals surface area contributed by atoms with Crippen molar-refractivity contribution in [2.45, 2.75) is 6.92 Å². The minimum atomic E-state index is -0.796. The number of ether oxygens (including phenoxy) is 2. The van der Waals surface area contributed by atoms with Gasteiger partial charge in [-0.05, 0) is 37.3 Å². The van der Waals surface area contributed by atoms with Crippen molar-refractivity contribution < 1.29 is 28.7 Å². The van der Waals surface area contributed by atoms with Crippen LogP contribution in [0.4, 0.5) is 5.69 Å². The summed E-state index contributed by atoms with van der Waals surface area (Å²) in [6, 6.07) is 12.5. The molecule has 4 N–H and O–H groups in total. The predicted octanol–water partition coefficient (Wildman–Crippen LogP) is 1.10. The van der Waals surface area contributed by atoms with Crippen LogP contribution in [-0.4, -0.2) is 43.4 Å². The highest BCUT2D eigenvalue weighted by Crippen LogP contribution is 2.17. The van der Waals surface area contributed by atoms with Crippen molar-refractivity contribution in [1.29, 1.82) is 0 Å². The minimum Gasteiger partial charge on any atom is -0.481 e. The molecule has 0 unspecified atom stereocenters. The van der Waals surface area contributed by atoms with E-state index in [1.807, 2.05) is 0 Å². The lowest BCUT2D eigenvalue weighted by Gasteiger charge is -2.10. The summed E-state index contributed by atoms with van der Waals surface area (Å²) in [5.41, 5.74) is 6.14. The van der Waals surface area contributed by atoms with E-state index in [2.05, 4.69) is 10.6 Å². The molecule has 0 aliphatic rings. The number of para-hydroxylation sites is 1. The number of amides is 3. The SMILES string of the molecule is CCNC(=O)c1cccc(NC(=O)COC(=O)COc2ccccc2C(N)=O)c1. The molecule has 29 heavy (non-hydrogen) atoms. The summed E-state index contributed by atoms with van der Waals surface area (Å²) in [7, 11) is 0. The van der Waals surface area contributed by atoms with E-state index in [1.165, 1.54) is 18.2 Å². The molecule has 9 nitrogen and oxygen atoms in total. The standard InChI is InChI=1S/C20H21N3O6/c1-2-22-20(27)13-6-5-7-14(10-13)23-17(24)11-29-18(25)12-28-16-9-4-3-8-15(16)19(21)26/h3-10H,2,11-12H2,1H3,(H2,21,26)(H,22,27)(H,23,24). The number of esters is 1. The van der Waals surface area contributed by atoms with Crippen LogP contribution >= 0.6 is 0 Å². The molecular formula is C20H21N3O6. The number of primary amides is 1. The van der Waals surface area contributed by atoms with Gasteiger partial charge in [0.05, 0.1) is 5.56 Å². The average molecular weight is 399 g/mol. The topological polar surface area (TPSA) is 137 Å². The van der Waals surface area contributed by atoms with Gasteiger partial charge in [0.2, 0.25) is 0 Å². The maximum absolute atomic E-state index is 12.0. The van der Waals surface area contributed by atoms with Gasteiger partial charge in [0.1, 0.15) is 5.75 Å². The van der Waals surface area contributed by atoms with Gasteiger partial charge < -0.3 is 25.8 Å². The van der Waals surface area contributed by atoms with Gasteiger partial charge in [-0.15, -0.1) is 0 Å². The number of nitrogens with one attached hydrogen (secondary N) is 2. The number of carbonyl (C=O) groups is 4. The fourth-order valence-electron chi connectivity index (χ4n) is 2.32.